The van der Waals surface area contributed by atoms with E-state index in [1.165, 1.54) is 25.7 Å². The molecule has 1 aliphatic rings. The maximum atomic E-state index is 3.89. The van der Waals surface area contributed by atoms with Crippen LogP contribution in [-0.4, -0.2) is 34.0 Å². The summed E-state index contributed by atoms with van der Waals surface area (Å²) in [5.41, 5.74) is 1.09. The minimum atomic E-state index is -0.157. The fraction of sp³-hybridized carbons (Fsp3) is 1.00. The highest BCUT2D eigenvalue weighted by molar-refractivity contribution is 6.34. The molecule has 0 heterocycles. The zero-order chi connectivity index (χ0) is 13.6. The van der Waals surface area contributed by atoms with Crippen molar-refractivity contribution in [1.82, 2.24) is 15.6 Å². The maximum absolute atomic E-state index is 3.89. The molecule has 0 amide bonds. The smallest absolute Gasteiger partial charge is 0.0968 e. The van der Waals surface area contributed by atoms with E-state index in [-0.39, 0.29) is 15.3 Å². The molecule has 1 rings (SSSR count). The summed E-state index contributed by atoms with van der Waals surface area (Å²) in [7, 11) is -0.157. The predicted octanol–water partition coefficient (Wildman–Crippen LogP) is 1.73. The molecule has 0 spiro atoms. The lowest BCUT2D eigenvalue weighted by Gasteiger charge is -2.36. The molecule has 0 aromatic carbocycles. The quantitative estimate of drug-likeness (QED) is 0.465. The predicted molar refractivity (Wildman–Crippen MR) is 83.7 cm³/mol. The normalized spacial score (nSPS) is 21.5. The molecule has 0 aliphatic heterocycles. The summed E-state index contributed by atoms with van der Waals surface area (Å²) in [5.74, 6) is 0. The largest absolute Gasteiger partial charge is 0.325 e. The van der Waals surface area contributed by atoms with Crippen LogP contribution in [0.15, 0.2) is 0 Å². The molecule has 0 bridgehead atoms. The van der Waals surface area contributed by atoms with Gasteiger partial charge in [0.25, 0.3) is 0 Å². The summed E-state index contributed by atoms with van der Waals surface area (Å²) in [6.07, 6.45) is 5.85. The summed E-state index contributed by atoms with van der Waals surface area (Å²) < 4.78 is 0. The molecular weight excluding hydrogens is 238 g/mol. The van der Waals surface area contributed by atoms with Crippen LogP contribution < -0.4 is 15.6 Å². The van der Waals surface area contributed by atoms with Gasteiger partial charge >= 0.3 is 0 Å². The Hall–Kier alpha value is 0.0969. The number of nitrogens with one attached hydrogen (secondary N) is 3. The number of hydrogen-bond acceptors (Lipinski definition) is 3. The first-order valence-electron chi connectivity index (χ1n) is 7.67. The fourth-order valence-corrected chi connectivity index (χ4v) is 4.75. The molecule has 0 aromatic heterocycles. The van der Waals surface area contributed by atoms with Crippen molar-refractivity contribution in [2.24, 2.45) is 0 Å². The first kappa shape index (κ1) is 16.2. The zero-order valence-electron chi connectivity index (χ0n) is 13.0. The average molecular weight is 272 g/mol. The Kier molecular flexibility index (Phi) is 6.85. The molecule has 0 radical (unpaired) electrons. The molecule has 18 heavy (non-hydrogen) atoms. The van der Waals surface area contributed by atoms with Gasteiger partial charge in [-0.15, -0.1) is 0 Å². The van der Waals surface area contributed by atoms with Crippen molar-refractivity contribution in [3.8, 4) is 0 Å². The van der Waals surface area contributed by atoms with E-state index in [1.807, 2.05) is 0 Å². The first-order valence-corrected chi connectivity index (χ1v) is 9.20. The van der Waals surface area contributed by atoms with Crippen molar-refractivity contribution in [3.05, 3.63) is 0 Å². The Morgan fingerprint density at radius 1 is 1.11 bits per heavy atom. The minimum absolute atomic E-state index is 0.0627. The second-order valence-electron chi connectivity index (χ2n) is 6.70. The molecule has 0 saturated heterocycles. The third-order valence-corrected chi connectivity index (χ3v) is 6.11. The fourth-order valence-electron chi connectivity index (χ4n) is 2.79. The van der Waals surface area contributed by atoms with Crippen LogP contribution in [0.4, 0.5) is 0 Å². The van der Waals surface area contributed by atoms with Gasteiger partial charge < -0.3 is 10.3 Å². The highest BCUT2D eigenvalue weighted by Crippen LogP contribution is 2.28. The molecule has 4 heteroatoms. The highest BCUT2D eigenvalue weighted by atomic mass is 28.2. The second kappa shape index (κ2) is 7.63. The van der Waals surface area contributed by atoms with Crippen molar-refractivity contribution in [1.29, 1.82) is 0 Å². The average Bonchev–Trinajstić information content (AvgIpc) is 2.76. The van der Waals surface area contributed by atoms with Crippen molar-refractivity contribution in [2.45, 2.75) is 83.6 Å². The number of hydrogen-bond donors (Lipinski definition) is 3. The summed E-state index contributed by atoms with van der Waals surface area (Å²) in [5, 5.41) is 7.26. The summed E-state index contributed by atoms with van der Waals surface area (Å²) in [6, 6.07) is 1.07. The molecular formula is C14H33N3Si. The van der Waals surface area contributed by atoms with Crippen LogP contribution in [0.5, 0.6) is 0 Å². The van der Waals surface area contributed by atoms with Gasteiger partial charge in [-0.1, -0.05) is 39.5 Å². The Balaban J connectivity index is 2.41. The lowest BCUT2D eigenvalue weighted by atomic mass is 10.1. The van der Waals surface area contributed by atoms with E-state index in [9.17, 15) is 0 Å². The molecule has 3 N–H and O–H groups in total. The zero-order valence-corrected chi connectivity index (χ0v) is 14.4. The third kappa shape index (κ3) is 6.32. The van der Waals surface area contributed by atoms with Gasteiger partial charge in [-0.2, -0.15) is 0 Å². The van der Waals surface area contributed by atoms with E-state index in [1.54, 1.807) is 0 Å². The topological polar surface area (TPSA) is 36.1 Å². The SMILES string of the molecule is CC(C)NCC(C)(N[SiH2]C1CCCC1)NC(C)C. The Labute approximate surface area is 116 Å². The lowest BCUT2D eigenvalue weighted by molar-refractivity contribution is 0.284. The second-order valence-corrected chi connectivity index (χ2v) is 8.61. The molecule has 1 atom stereocenters. The van der Waals surface area contributed by atoms with E-state index in [4.69, 9.17) is 0 Å². The van der Waals surface area contributed by atoms with Gasteiger partial charge in [-0.05, 0) is 26.3 Å². The van der Waals surface area contributed by atoms with Gasteiger partial charge in [0.05, 0.1) is 15.3 Å². The molecule has 3 nitrogen and oxygen atoms in total. The van der Waals surface area contributed by atoms with Gasteiger partial charge in [-0.3, -0.25) is 5.32 Å². The monoisotopic (exact) mass is 271 g/mol. The molecule has 1 aliphatic carbocycles. The van der Waals surface area contributed by atoms with Gasteiger partial charge in [0, 0.05) is 18.6 Å². The van der Waals surface area contributed by atoms with Crippen molar-refractivity contribution >= 4 is 9.68 Å². The van der Waals surface area contributed by atoms with E-state index in [2.05, 4.69) is 50.2 Å². The molecule has 1 saturated carbocycles. The number of rotatable bonds is 8. The molecule has 0 aromatic rings. The highest BCUT2D eigenvalue weighted by Gasteiger charge is 2.26. The maximum Gasteiger partial charge on any atom is 0.0968 e. The molecule has 108 valence electrons. The summed E-state index contributed by atoms with van der Waals surface area (Å²) >= 11 is 0. The Morgan fingerprint density at radius 3 is 2.22 bits per heavy atom. The van der Waals surface area contributed by atoms with Crippen LogP contribution in [0.25, 0.3) is 0 Å². The van der Waals surface area contributed by atoms with Crippen LogP contribution in [0.1, 0.15) is 60.3 Å². The van der Waals surface area contributed by atoms with Crippen LogP contribution in [0.2, 0.25) is 5.54 Å². The Morgan fingerprint density at radius 2 is 1.72 bits per heavy atom. The standard InChI is InChI=1S/C14H33N3Si/c1-11(2)15-10-14(5,16-12(3)4)17-18-13-8-6-7-9-13/h11-13,15-17H,6-10,18H2,1-5H3. The van der Waals surface area contributed by atoms with E-state index >= 15 is 0 Å². The summed E-state index contributed by atoms with van der Waals surface area (Å²) in [4.78, 5) is 3.89. The van der Waals surface area contributed by atoms with Gasteiger partial charge in [0.15, 0.2) is 0 Å². The van der Waals surface area contributed by atoms with Crippen LogP contribution in [0, 0.1) is 0 Å². The lowest BCUT2D eigenvalue weighted by Crippen LogP contribution is -2.64. The van der Waals surface area contributed by atoms with Crippen LogP contribution in [-0.2, 0) is 0 Å². The van der Waals surface area contributed by atoms with Gasteiger partial charge in [0.1, 0.15) is 0 Å². The Bertz CT molecular complexity index is 227. The van der Waals surface area contributed by atoms with E-state index in [0.29, 0.717) is 12.1 Å². The summed E-state index contributed by atoms with van der Waals surface area (Å²) in [6.45, 7) is 12.2. The van der Waals surface area contributed by atoms with Crippen molar-refractivity contribution in [2.75, 3.05) is 6.54 Å². The third-order valence-electron chi connectivity index (χ3n) is 3.73. The van der Waals surface area contributed by atoms with Crippen molar-refractivity contribution < 1.29 is 0 Å². The minimum Gasteiger partial charge on any atom is -0.325 e. The first-order chi connectivity index (χ1) is 8.41. The van der Waals surface area contributed by atoms with Gasteiger partial charge in [0.2, 0.25) is 0 Å². The molecule has 1 unspecified atom stereocenters. The van der Waals surface area contributed by atoms with E-state index < -0.39 is 0 Å². The van der Waals surface area contributed by atoms with Crippen LogP contribution >= 0.6 is 0 Å². The van der Waals surface area contributed by atoms with Crippen molar-refractivity contribution in [3.63, 3.8) is 0 Å². The molecule has 1 fully saturated rings. The van der Waals surface area contributed by atoms with E-state index in [0.717, 1.165) is 12.1 Å². The van der Waals surface area contributed by atoms with Crippen LogP contribution in [0.3, 0.4) is 0 Å². The van der Waals surface area contributed by atoms with Gasteiger partial charge in [-0.25, -0.2) is 0 Å².